The summed E-state index contributed by atoms with van der Waals surface area (Å²) >= 11 is 0. The highest BCUT2D eigenvalue weighted by molar-refractivity contribution is 6.07. The average Bonchev–Trinajstić information content (AvgIpc) is 2.68. The molecule has 3 rings (SSSR count). The minimum Gasteiger partial charge on any atom is -0.304 e. The van der Waals surface area contributed by atoms with Crippen molar-refractivity contribution in [3.8, 4) is 0 Å². The van der Waals surface area contributed by atoms with Crippen molar-refractivity contribution in [2.24, 2.45) is 5.92 Å². The molecule has 0 unspecified atom stereocenters. The molecule has 2 heterocycles. The van der Waals surface area contributed by atoms with Crippen LogP contribution in [0.25, 0.3) is 0 Å². The van der Waals surface area contributed by atoms with E-state index in [0.717, 1.165) is 36.9 Å². The largest absolute Gasteiger partial charge is 0.325 e. The van der Waals surface area contributed by atoms with Gasteiger partial charge in [0.1, 0.15) is 5.54 Å². The quantitative estimate of drug-likeness (QED) is 0.850. The maximum atomic E-state index is 12.4. The van der Waals surface area contributed by atoms with Crippen LogP contribution in [0.4, 0.5) is 4.79 Å². The van der Waals surface area contributed by atoms with Crippen molar-refractivity contribution < 1.29 is 9.59 Å². The lowest BCUT2D eigenvalue weighted by atomic mass is 9.76. The molecule has 0 bridgehead atoms. The molecule has 0 radical (unpaired) electrons. The molecule has 5 nitrogen and oxygen atoms in total. The number of nitrogens with zero attached hydrogens (tertiary/aromatic N) is 2. The average molecular weight is 287 g/mol. The van der Waals surface area contributed by atoms with Gasteiger partial charge in [0.15, 0.2) is 0 Å². The van der Waals surface area contributed by atoms with Gasteiger partial charge in [0.25, 0.3) is 5.91 Å². The van der Waals surface area contributed by atoms with Crippen molar-refractivity contribution in [1.82, 2.24) is 15.2 Å². The Morgan fingerprint density at radius 1 is 1.38 bits per heavy atom. The maximum absolute atomic E-state index is 12.4. The number of aryl methyl sites for hydroxylation is 1. The van der Waals surface area contributed by atoms with E-state index in [1.165, 1.54) is 0 Å². The molecule has 1 aromatic rings. The van der Waals surface area contributed by atoms with Crippen LogP contribution in [-0.4, -0.2) is 27.4 Å². The molecule has 1 spiro atoms. The van der Waals surface area contributed by atoms with Gasteiger partial charge in [-0.05, 0) is 50.2 Å². The zero-order chi connectivity index (χ0) is 15.0. The first-order valence-corrected chi connectivity index (χ1v) is 7.56. The van der Waals surface area contributed by atoms with E-state index in [1.54, 1.807) is 11.1 Å². The van der Waals surface area contributed by atoms with Gasteiger partial charge in [0.2, 0.25) is 0 Å². The fourth-order valence-corrected chi connectivity index (χ4v) is 3.39. The van der Waals surface area contributed by atoms with E-state index in [9.17, 15) is 9.59 Å². The van der Waals surface area contributed by atoms with Crippen LogP contribution in [0.15, 0.2) is 18.3 Å². The molecule has 1 saturated heterocycles. The number of amides is 3. The van der Waals surface area contributed by atoms with E-state index < -0.39 is 5.54 Å². The topological polar surface area (TPSA) is 62.3 Å². The Bertz CT molecular complexity index is 577. The Labute approximate surface area is 124 Å². The van der Waals surface area contributed by atoms with Crippen molar-refractivity contribution in [3.05, 3.63) is 29.6 Å². The molecular formula is C16H21N3O2. The summed E-state index contributed by atoms with van der Waals surface area (Å²) in [6.07, 6.45) is 5.19. The van der Waals surface area contributed by atoms with Crippen molar-refractivity contribution in [2.75, 3.05) is 0 Å². The van der Waals surface area contributed by atoms with Crippen LogP contribution in [0.3, 0.4) is 0 Å². The number of hydrogen-bond donors (Lipinski definition) is 1. The Hall–Kier alpha value is -1.91. The molecule has 2 aliphatic rings. The first-order chi connectivity index (χ1) is 10.0. The minimum absolute atomic E-state index is 0.131. The smallest absolute Gasteiger partial charge is 0.304 e. The summed E-state index contributed by atoms with van der Waals surface area (Å²) in [7, 11) is 0. The van der Waals surface area contributed by atoms with Crippen molar-refractivity contribution in [1.29, 1.82) is 0 Å². The molecule has 112 valence electrons. The van der Waals surface area contributed by atoms with E-state index in [0.29, 0.717) is 12.5 Å². The van der Waals surface area contributed by atoms with Crippen LogP contribution >= 0.6 is 0 Å². The van der Waals surface area contributed by atoms with Gasteiger partial charge in [-0.2, -0.15) is 0 Å². The first kappa shape index (κ1) is 14.0. The summed E-state index contributed by atoms with van der Waals surface area (Å²) in [6.45, 7) is 4.58. The summed E-state index contributed by atoms with van der Waals surface area (Å²) in [4.78, 5) is 30.6. The Morgan fingerprint density at radius 2 is 2.10 bits per heavy atom. The van der Waals surface area contributed by atoms with Gasteiger partial charge in [-0.25, -0.2) is 4.79 Å². The van der Waals surface area contributed by atoms with Gasteiger partial charge in [-0.1, -0.05) is 13.0 Å². The van der Waals surface area contributed by atoms with E-state index in [1.807, 2.05) is 19.1 Å². The highest BCUT2D eigenvalue weighted by Gasteiger charge is 2.53. The standard InChI is InChI=1S/C16H21N3O2/c1-11-5-7-16(8-6-11)14(20)18-15(21)19(16)10-13-12(2)4-3-9-17-13/h3-4,9,11H,5-8,10H2,1-2H3,(H,18,20,21). The van der Waals surface area contributed by atoms with E-state index >= 15 is 0 Å². The summed E-state index contributed by atoms with van der Waals surface area (Å²) in [5, 5.41) is 2.50. The lowest BCUT2D eigenvalue weighted by molar-refractivity contribution is -0.128. The molecule has 21 heavy (non-hydrogen) atoms. The Morgan fingerprint density at radius 3 is 2.76 bits per heavy atom. The summed E-state index contributed by atoms with van der Waals surface area (Å²) in [5.41, 5.74) is 1.25. The Kier molecular flexibility index (Phi) is 3.43. The number of hydrogen-bond acceptors (Lipinski definition) is 3. The van der Waals surface area contributed by atoms with Gasteiger partial charge in [0.05, 0.1) is 12.2 Å². The molecule has 0 aromatic carbocycles. The number of rotatable bonds is 2. The third kappa shape index (κ3) is 2.30. The highest BCUT2D eigenvalue weighted by atomic mass is 16.2. The minimum atomic E-state index is -0.659. The molecule has 1 saturated carbocycles. The molecule has 1 aliphatic heterocycles. The van der Waals surface area contributed by atoms with Crippen LogP contribution in [0.1, 0.15) is 43.9 Å². The predicted octanol–water partition coefficient (Wildman–Crippen LogP) is 2.39. The zero-order valence-corrected chi connectivity index (χ0v) is 12.6. The third-order valence-electron chi connectivity index (χ3n) is 4.93. The number of urea groups is 1. The summed E-state index contributed by atoms with van der Waals surface area (Å²) < 4.78 is 0. The van der Waals surface area contributed by atoms with E-state index in [2.05, 4.69) is 17.2 Å². The number of nitrogens with one attached hydrogen (secondary N) is 1. The second-order valence-corrected chi connectivity index (χ2v) is 6.33. The number of pyridine rings is 1. The van der Waals surface area contributed by atoms with Gasteiger partial charge < -0.3 is 4.90 Å². The highest BCUT2D eigenvalue weighted by Crippen LogP contribution is 2.40. The summed E-state index contributed by atoms with van der Waals surface area (Å²) in [5.74, 6) is 0.491. The Balaban J connectivity index is 1.90. The fourth-order valence-electron chi connectivity index (χ4n) is 3.39. The second-order valence-electron chi connectivity index (χ2n) is 6.33. The summed E-state index contributed by atoms with van der Waals surface area (Å²) in [6, 6.07) is 3.58. The number of carbonyl (C=O) groups excluding carboxylic acids is 2. The fraction of sp³-hybridized carbons (Fsp3) is 0.562. The normalized spacial score (nSPS) is 29.0. The van der Waals surface area contributed by atoms with Crippen LogP contribution in [-0.2, 0) is 11.3 Å². The van der Waals surface area contributed by atoms with Gasteiger partial charge in [-0.3, -0.25) is 15.1 Å². The number of imide groups is 1. The predicted molar refractivity (Wildman–Crippen MR) is 78.4 cm³/mol. The lowest BCUT2D eigenvalue weighted by Crippen LogP contribution is -2.51. The monoisotopic (exact) mass is 287 g/mol. The third-order valence-corrected chi connectivity index (χ3v) is 4.93. The number of aromatic nitrogens is 1. The number of carbonyl (C=O) groups is 2. The van der Waals surface area contributed by atoms with Crippen LogP contribution in [0.2, 0.25) is 0 Å². The maximum Gasteiger partial charge on any atom is 0.325 e. The van der Waals surface area contributed by atoms with E-state index in [4.69, 9.17) is 0 Å². The SMILES string of the molecule is Cc1cccnc1CN1C(=O)NC(=O)C12CCC(C)CC2. The molecule has 0 atom stereocenters. The van der Waals surface area contributed by atoms with Crippen molar-refractivity contribution >= 4 is 11.9 Å². The second kappa shape index (κ2) is 5.13. The van der Waals surface area contributed by atoms with E-state index in [-0.39, 0.29) is 11.9 Å². The molecule has 1 aromatic heterocycles. The molecule has 1 aliphatic carbocycles. The zero-order valence-electron chi connectivity index (χ0n) is 12.6. The molecule has 5 heteroatoms. The van der Waals surface area contributed by atoms with Crippen molar-refractivity contribution in [2.45, 2.75) is 51.6 Å². The first-order valence-electron chi connectivity index (χ1n) is 7.56. The van der Waals surface area contributed by atoms with Gasteiger partial charge in [0, 0.05) is 6.20 Å². The van der Waals surface area contributed by atoms with Gasteiger partial charge >= 0.3 is 6.03 Å². The van der Waals surface area contributed by atoms with Crippen LogP contribution < -0.4 is 5.32 Å². The molecule has 2 fully saturated rings. The van der Waals surface area contributed by atoms with Crippen LogP contribution in [0, 0.1) is 12.8 Å². The van der Waals surface area contributed by atoms with Gasteiger partial charge in [-0.15, -0.1) is 0 Å². The molecular weight excluding hydrogens is 266 g/mol. The molecule has 1 N–H and O–H groups in total. The van der Waals surface area contributed by atoms with Crippen molar-refractivity contribution in [3.63, 3.8) is 0 Å². The molecule has 3 amide bonds. The van der Waals surface area contributed by atoms with Crippen LogP contribution in [0.5, 0.6) is 0 Å². The lowest BCUT2D eigenvalue weighted by Gasteiger charge is -2.40.